The van der Waals surface area contributed by atoms with Gasteiger partial charge in [0.15, 0.2) is 6.29 Å². The summed E-state index contributed by atoms with van der Waals surface area (Å²) in [5.41, 5.74) is 1.07. The van der Waals surface area contributed by atoms with Gasteiger partial charge in [-0.2, -0.15) is 0 Å². The van der Waals surface area contributed by atoms with Gasteiger partial charge in [0.05, 0.1) is 25.9 Å². The first-order valence-electron chi connectivity index (χ1n) is 7.40. The lowest BCUT2D eigenvalue weighted by atomic mass is 9.93. The van der Waals surface area contributed by atoms with E-state index in [1.54, 1.807) is 7.11 Å². The predicted molar refractivity (Wildman–Crippen MR) is 75.8 cm³/mol. The molecular weight excluding hydrogens is 272 g/mol. The van der Waals surface area contributed by atoms with Gasteiger partial charge in [-0.25, -0.2) is 0 Å². The summed E-state index contributed by atoms with van der Waals surface area (Å²) >= 11 is 0. The summed E-state index contributed by atoms with van der Waals surface area (Å²) in [5.74, 6) is 1.07. The number of methoxy groups -OCH3 is 1. The Bertz CT molecular complexity index is 460. The number of aliphatic hydroxyl groups excluding tert-OH is 2. The van der Waals surface area contributed by atoms with Gasteiger partial charge in [0.25, 0.3) is 0 Å². The van der Waals surface area contributed by atoms with E-state index < -0.39 is 6.29 Å². The third-order valence-corrected chi connectivity index (χ3v) is 4.61. The average Bonchev–Trinajstić information content (AvgIpc) is 3.00. The molecule has 2 N–H and O–H groups in total. The third kappa shape index (κ3) is 3.06. The first kappa shape index (κ1) is 14.8. The normalized spacial score (nSPS) is 34.9. The lowest BCUT2D eigenvalue weighted by molar-refractivity contribution is -0.0999. The minimum Gasteiger partial charge on any atom is -0.497 e. The van der Waals surface area contributed by atoms with Crippen molar-refractivity contribution < 1.29 is 24.4 Å². The maximum absolute atomic E-state index is 9.60. The fourth-order valence-corrected chi connectivity index (χ4v) is 3.47. The van der Waals surface area contributed by atoms with E-state index >= 15 is 0 Å². The molecule has 1 aliphatic heterocycles. The first-order chi connectivity index (χ1) is 10.2. The standard InChI is InChI=1S/C16H22O5/c1-19-11-4-2-10(3-5-11)9-20-14-7-15-12(13(14)8-17)6-16(18)21-15/h2-5,12-18H,6-9H2,1H3/t12-,13-,14?,15?,16?/m1/s1. The van der Waals surface area contributed by atoms with Gasteiger partial charge >= 0.3 is 0 Å². The Kier molecular flexibility index (Phi) is 4.45. The second kappa shape index (κ2) is 6.32. The smallest absolute Gasteiger partial charge is 0.155 e. The van der Waals surface area contributed by atoms with Crippen LogP contribution in [0.5, 0.6) is 5.75 Å². The Labute approximate surface area is 124 Å². The van der Waals surface area contributed by atoms with Crippen LogP contribution in [-0.4, -0.2) is 42.4 Å². The van der Waals surface area contributed by atoms with Gasteiger partial charge in [-0.3, -0.25) is 0 Å². The van der Waals surface area contributed by atoms with Gasteiger partial charge in [-0.05, 0) is 23.6 Å². The number of hydrogen-bond donors (Lipinski definition) is 2. The molecule has 1 saturated heterocycles. The second-order valence-corrected chi connectivity index (χ2v) is 5.81. The molecule has 1 aliphatic carbocycles. The van der Waals surface area contributed by atoms with Crippen LogP contribution in [0.15, 0.2) is 24.3 Å². The first-order valence-corrected chi connectivity index (χ1v) is 7.40. The van der Waals surface area contributed by atoms with Gasteiger partial charge in [0, 0.05) is 25.4 Å². The van der Waals surface area contributed by atoms with Crippen LogP contribution < -0.4 is 4.74 Å². The maximum atomic E-state index is 9.60. The van der Waals surface area contributed by atoms with Gasteiger partial charge in [-0.1, -0.05) is 12.1 Å². The van der Waals surface area contributed by atoms with Crippen molar-refractivity contribution in [3.05, 3.63) is 29.8 Å². The molecule has 5 atom stereocenters. The molecule has 3 rings (SSSR count). The molecule has 2 fully saturated rings. The number of hydrogen-bond acceptors (Lipinski definition) is 5. The second-order valence-electron chi connectivity index (χ2n) is 5.81. The van der Waals surface area contributed by atoms with E-state index in [0.717, 1.165) is 17.7 Å². The molecule has 0 spiro atoms. The van der Waals surface area contributed by atoms with E-state index in [1.165, 1.54) is 0 Å². The Morgan fingerprint density at radius 2 is 2.00 bits per heavy atom. The molecule has 0 radical (unpaired) electrons. The summed E-state index contributed by atoms with van der Waals surface area (Å²) in [6.07, 6.45) is 0.649. The van der Waals surface area contributed by atoms with Crippen LogP contribution in [0.1, 0.15) is 18.4 Å². The van der Waals surface area contributed by atoms with E-state index in [1.807, 2.05) is 24.3 Å². The highest BCUT2D eigenvalue weighted by Crippen LogP contribution is 2.43. The highest BCUT2D eigenvalue weighted by molar-refractivity contribution is 5.26. The molecular formula is C16H22O5. The van der Waals surface area contributed by atoms with Crippen LogP contribution >= 0.6 is 0 Å². The number of benzene rings is 1. The van der Waals surface area contributed by atoms with Crippen LogP contribution in [0.4, 0.5) is 0 Å². The molecule has 5 nitrogen and oxygen atoms in total. The van der Waals surface area contributed by atoms with Crippen LogP contribution in [-0.2, 0) is 16.1 Å². The zero-order valence-corrected chi connectivity index (χ0v) is 12.1. The molecule has 0 amide bonds. The molecule has 0 bridgehead atoms. The highest BCUT2D eigenvalue weighted by Gasteiger charge is 2.49. The Hall–Kier alpha value is -1.14. The van der Waals surface area contributed by atoms with E-state index in [2.05, 4.69) is 0 Å². The summed E-state index contributed by atoms with van der Waals surface area (Å²) in [7, 11) is 1.64. The van der Waals surface area contributed by atoms with Crippen molar-refractivity contribution in [1.29, 1.82) is 0 Å². The van der Waals surface area contributed by atoms with E-state index in [9.17, 15) is 10.2 Å². The van der Waals surface area contributed by atoms with Crippen molar-refractivity contribution in [1.82, 2.24) is 0 Å². The molecule has 1 heterocycles. The largest absolute Gasteiger partial charge is 0.497 e. The molecule has 116 valence electrons. The minimum absolute atomic E-state index is 0.0121. The predicted octanol–water partition coefficient (Wildman–Crippen LogP) is 1.32. The van der Waals surface area contributed by atoms with Gasteiger partial charge in [0.1, 0.15) is 5.75 Å². The molecule has 5 heteroatoms. The van der Waals surface area contributed by atoms with Crippen LogP contribution in [0.25, 0.3) is 0 Å². The zero-order valence-electron chi connectivity index (χ0n) is 12.1. The molecule has 3 unspecified atom stereocenters. The number of ether oxygens (including phenoxy) is 3. The highest BCUT2D eigenvalue weighted by atomic mass is 16.6. The van der Waals surface area contributed by atoms with Crippen molar-refractivity contribution >= 4 is 0 Å². The summed E-state index contributed by atoms with van der Waals surface area (Å²) < 4.78 is 16.6. The summed E-state index contributed by atoms with van der Waals surface area (Å²) in [6, 6.07) is 7.77. The number of aliphatic hydroxyl groups is 2. The Morgan fingerprint density at radius 3 is 2.67 bits per heavy atom. The SMILES string of the molecule is COc1ccc(COC2CC3OC(O)C[C@@H]3[C@H]2CO)cc1. The monoisotopic (exact) mass is 294 g/mol. The average molecular weight is 294 g/mol. The van der Waals surface area contributed by atoms with Crippen molar-refractivity contribution in [2.45, 2.75) is 37.9 Å². The minimum atomic E-state index is -0.684. The number of fused-ring (bicyclic) bond motifs is 1. The lowest BCUT2D eigenvalue weighted by Gasteiger charge is -2.22. The van der Waals surface area contributed by atoms with Gasteiger partial charge in [0.2, 0.25) is 0 Å². The van der Waals surface area contributed by atoms with Crippen molar-refractivity contribution in [2.24, 2.45) is 11.8 Å². The van der Waals surface area contributed by atoms with Gasteiger partial charge in [-0.15, -0.1) is 0 Å². The molecule has 1 saturated carbocycles. The molecule has 2 aliphatic rings. The molecule has 21 heavy (non-hydrogen) atoms. The molecule has 1 aromatic rings. The molecule has 0 aromatic heterocycles. The molecule has 1 aromatic carbocycles. The summed E-state index contributed by atoms with van der Waals surface area (Å²) in [6.45, 7) is 0.581. The van der Waals surface area contributed by atoms with Crippen LogP contribution in [0.2, 0.25) is 0 Å². The number of rotatable bonds is 5. The Morgan fingerprint density at radius 1 is 1.24 bits per heavy atom. The maximum Gasteiger partial charge on any atom is 0.155 e. The zero-order chi connectivity index (χ0) is 14.8. The van der Waals surface area contributed by atoms with E-state index in [-0.39, 0.29) is 30.7 Å². The fourth-order valence-electron chi connectivity index (χ4n) is 3.47. The fraction of sp³-hybridized carbons (Fsp3) is 0.625. The Balaban J connectivity index is 1.57. The third-order valence-electron chi connectivity index (χ3n) is 4.61. The van der Waals surface area contributed by atoms with Gasteiger partial charge < -0.3 is 24.4 Å². The van der Waals surface area contributed by atoms with Crippen LogP contribution in [0, 0.1) is 11.8 Å². The quantitative estimate of drug-likeness (QED) is 0.857. The summed E-state index contributed by atoms with van der Waals surface area (Å²) in [4.78, 5) is 0. The van der Waals surface area contributed by atoms with Crippen molar-refractivity contribution in [3.63, 3.8) is 0 Å². The summed E-state index contributed by atoms with van der Waals surface area (Å²) in [5, 5.41) is 19.1. The van der Waals surface area contributed by atoms with Crippen LogP contribution in [0.3, 0.4) is 0 Å². The van der Waals surface area contributed by atoms with Crippen molar-refractivity contribution in [3.8, 4) is 5.75 Å². The topological polar surface area (TPSA) is 68.2 Å². The van der Waals surface area contributed by atoms with Crippen molar-refractivity contribution in [2.75, 3.05) is 13.7 Å². The van der Waals surface area contributed by atoms with E-state index in [0.29, 0.717) is 13.0 Å². The van der Waals surface area contributed by atoms with E-state index in [4.69, 9.17) is 14.2 Å². The lowest BCUT2D eigenvalue weighted by Crippen LogP contribution is -2.26.